The molecule has 19 heavy (non-hydrogen) atoms. The first-order valence-corrected chi connectivity index (χ1v) is 7.17. The zero-order valence-corrected chi connectivity index (χ0v) is 11.9. The lowest BCUT2D eigenvalue weighted by Crippen LogP contribution is -2.21. The third-order valence-electron chi connectivity index (χ3n) is 3.75. The molecule has 1 aromatic carbocycles. The Kier molecular flexibility index (Phi) is 4.78. The van der Waals surface area contributed by atoms with Crippen molar-refractivity contribution >= 4 is 12.0 Å². The van der Waals surface area contributed by atoms with Gasteiger partial charge in [0.05, 0.1) is 0 Å². The van der Waals surface area contributed by atoms with E-state index < -0.39 is 0 Å². The Bertz CT molecular complexity index is 456. The van der Waals surface area contributed by atoms with Crippen molar-refractivity contribution in [3.05, 3.63) is 41.5 Å². The molecule has 102 valence electrons. The van der Waals surface area contributed by atoms with Gasteiger partial charge in [-0.3, -0.25) is 4.79 Å². The quantitative estimate of drug-likeness (QED) is 0.802. The Morgan fingerprint density at radius 2 is 1.95 bits per heavy atom. The number of amides is 1. The minimum atomic E-state index is 0.0629. The molecule has 2 nitrogen and oxygen atoms in total. The summed E-state index contributed by atoms with van der Waals surface area (Å²) in [6.45, 7) is 0. The number of hydrogen-bond donors (Lipinski definition) is 0. The molecule has 1 aliphatic carbocycles. The van der Waals surface area contributed by atoms with E-state index in [1.165, 1.54) is 32.1 Å². The van der Waals surface area contributed by atoms with Crippen LogP contribution in [0.25, 0.3) is 6.08 Å². The van der Waals surface area contributed by atoms with E-state index in [-0.39, 0.29) is 5.91 Å². The lowest BCUT2D eigenvalue weighted by atomic mass is 9.89. The van der Waals surface area contributed by atoms with Crippen molar-refractivity contribution in [3.63, 3.8) is 0 Å². The number of hydrogen-bond acceptors (Lipinski definition) is 1. The van der Waals surface area contributed by atoms with Gasteiger partial charge in [-0.1, -0.05) is 43.5 Å². The third-order valence-corrected chi connectivity index (χ3v) is 3.75. The second kappa shape index (κ2) is 6.55. The average Bonchev–Trinajstić information content (AvgIpc) is 2.45. The van der Waals surface area contributed by atoms with Crippen molar-refractivity contribution in [1.29, 1.82) is 0 Å². The highest BCUT2D eigenvalue weighted by atomic mass is 16.2. The fraction of sp³-hybridized carbons (Fsp3) is 0.471. The Morgan fingerprint density at radius 1 is 1.21 bits per heavy atom. The molecule has 0 heterocycles. The lowest BCUT2D eigenvalue weighted by Gasteiger charge is -2.17. The van der Waals surface area contributed by atoms with E-state index in [4.69, 9.17) is 0 Å². The van der Waals surface area contributed by atoms with Gasteiger partial charge < -0.3 is 4.90 Å². The predicted molar refractivity (Wildman–Crippen MR) is 80.1 cm³/mol. The molecule has 0 bridgehead atoms. The first-order chi connectivity index (χ1) is 9.16. The smallest absolute Gasteiger partial charge is 0.253 e. The minimum Gasteiger partial charge on any atom is -0.345 e. The van der Waals surface area contributed by atoms with Crippen LogP contribution >= 0.6 is 0 Å². The molecule has 1 fully saturated rings. The van der Waals surface area contributed by atoms with Crippen LogP contribution in [-0.4, -0.2) is 24.9 Å². The topological polar surface area (TPSA) is 20.3 Å². The van der Waals surface area contributed by atoms with Gasteiger partial charge >= 0.3 is 0 Å². The number of benzene rings is 1. The predicted octanol–water partition coefficient (Wildman–Crippen LogP) is 3.98. The van der Waals surface area contributed by atoms with Gasteiger partial charge in [-0.2, -0.15) is 0 Å². The van der Waals surface area contributed by atoms with Gasteiger partial charge in [-0.25, -0.2) is 0 Å². The molecule has 0 aliphatic heterocycles. The average molecular weight is 257 g/mol. The summed E-state index contributed by atoms with van der Waals surface area (Å²) in [5.74, 6) is 0.787. The maximum Gasteiger partial charge on any atom is 0.253 e. The van der Waals surface area contributed by atoms with E-state index in [1.807, 2.05) is 18.2 Å². The molecule has 0 spiro atoms. The molecule has 0 atom stereocenters. The standard InChI is InChI=1S/C17H23NO/c1-18(2)17(19)16-10-6-9-15(13-16)12-11-14-7-4-3-5-8-14/h6,9-14H,3-5,7-8H2,1-2H3/b12-11+. The zero-order chi connectivity index (χ0) is 13.7. The molecule has 0 unspecified atom stereocenters. The van der Waals surface area contributed by atoms with Gasteiger partial charge in [-0.15, -0.1) is 0 Å². The van der Waals surface area contributed by atoms with Crippen LogP contribution in [0.2, 0.25) is 0 Å². The molecular formula is C17H23NO. The SMILES string of the molecule is CN(C)C(=O)c1cccc(/C=C/C2CCCCC2)c1. The second-order valence-electron chi connectivity index (χ2n) is 5.58. The number of nitrogens with zero attached hydrogens (tertiary/aromatic N) is 1. The van der Waals surface area contributed by atoms with Gasteiger partial charge in [0, 0.05) is 19.7 Å². The molecular weight excluding hydrogens is 234 g/mol. The molecule has 1 aromatic rings. The van der Waals surface area contributed by atoms with Crippen molar-refractivity contribution in [2.24, 2.45) is 5.92 Å². The molecule has 0 aromatic heterocycles. The van der Waals surface area contributed by atoms with Gasteiger partial charge in [0.25, 0.3) is 5.91 Å². The molecule has 2 rings (SSSR count). The fourth-order valence-electron chi connectivity index (χ4n) is 2.61. The first kappa shape index (κ1) is 13.9. The maximum absolute atomic E-state index is 11.9. The van der Waals surface area contributed by atoms with Crippen molar-refractivity contribution in [1.82, 2.24) is 4.90 Å². The highest BCUT2D eigenvalue weighted by Gasteiger charge is 2.10. The Labute approximate surface area is 116 Å². The summed E-state index contributed by atoms with van der Waals surface area (Å²) in [7, 11) is 3.57. The zero-order valence-electron chi connectivity index (χ0n) is 11.9. The largest absolute Gasteiger partial charge is 0.345 e. The van der Waals surface area contributed by atoms with Gasteiger partial charge in [0.1, 0.15) is 0 Å². The van der Waals surface area contributed by atoms with Crippen LogP contribution in [0.1, 0.15) is 48.0 Å². The summed E-state index contributed by atoms with van der Waals surface area (Å²) >= 11 is 0. The number of allylic oxidation sites excluding steroid dienone is 1. The van der Waals surface area contributed by atoms with Crippen LogP contribution in [-0.2, 0) is 0 Å². The van der Waals surface area contributed by atoms with E-state index in [1.54, 1.807) is 19.0 Å². The molecule has 1 aliphatic rings. The normalized spacial score (nSPS) is 16.7. The van der Waals surface area contributed by atoms with Crippen LogP contribution < -0.4 is 0 Å². The summed E-state index contributed by atoms with van der Waals surface area (Å²) in [6, 6.07) is 7.87. The minimum absolute atomic E-state index is 0.0629. The Balaban J connectivity index is 2.06. The highest BCUT2D eigenvalue weighted by molar-refractivity contribution is 5.94. The first-order valence-electron chi connectivity index (χ1n) is 7.17. The van der Waals surface area contributed by atoms with Crippen LogP contribution in [0.3, 0.4) is 0 Å². The van der Waals surface area contributed by atoms with Crippen LogP contribution in [0.5, 0.6) is 0 Å². The van der Waals surface area contributed by atoms with Crippen molar-refractivity contribution in [2.75, 3.05) is 14.1 Å². The van der Waals surface area contributed by atoms with Crippen molar-refractivity contribution < 1.29 is 4.79 Å². The summed E-state index contributed by atoms with van der Waals surface area (Å²) < 4.78 is 0. The molecule has 2 heteroatoms. The monoisotopic (exact) mass is 257 g/mol. The maximum atomic E-state index is 11.9. The number of rotatable bonds is 3. The molecule has 1 amide bonds. The van der Waals surface area contributed by atoms with Gasteiger partial charge in [0.2, 0.25) is 0 Å². The second-order valence-corrected chi connectivity index (χ2v) is 5.58. The molecule has 0 N–H and O–H groups in total. The summed E-state index contributed by atoms with van der Waals surface area (Å²) in [6.07, 6.45) is 11.2. The van der Waals surface area contributed by atoms with Crippen molar-refractivity contribution in [2.45, 2.75) is 32.1 Å². The summed E-state index contributed by atoms with van der Waals surface area (Å²) in [5, 5.41) is 0. The van der Waals surface area contributed by atoms with Gasteiger partial charge in [-0.05, 0) is 36.5 Å². The van der Waals surface area contributed by atoms with E-state index in [0.29, 0.717) is 0 Å². The van der Waals surface area contributed by atoms with E-state index in [9.17, 15) is 4.79 Å². The van der Waals surface area contributed by atoms with E-state index in [0.717, 1.165) is 17.0 Å². The Morgan fingerprint density at radius 3 is 2.63 bits per heavy atom. The highest BCUT2D eigenvalue weighted by Crippen LogP contribution is 2.25. The molecule has 0 saturated heterocycles. The van der Waals surface area contributed by atoms with E-state index in [2.05, 4.69) is 18.2 Å². The third kappa shape index (κ3) is 3.95. The lowest BCUT2D eigenvalue weighted by molar-refractivity contribution is 0.0827. The van der Waals surface area contributed by atoms with Crippen LogP contribution in [0, 0.1) is 5.92 Å². The van der Waals surface area contributed by atoms with E-state index >= 15 is 0 Å². The molecule has 1 saturated carbocycles. The summed E-state index contributed by atoms with van der Waals surface area (Å²) in [4.78, 5) is 13.5. The van der Waals surface area contributed by atoms with Crippen LogP contribution in [0.15, 0.2) is 30.3 Å². The Hall–Kier alpha value is -1.57. The molecule has 0 radical (unpaired) electrons. The number of carbonyl (C=O) groups excluding carboxylic acids is 1. The van der Waals surface area contributed by atoms with Crippen molar-refractivity contribution in [3.8, 4) is 0 Å². The fourth-order valence-corrected chi connectivity index (χ4v) is 2.61. The van der Waals surface area contributed by atoms with Crippen LogP contribution in [0.4, 0.5) is 0 Å². The number of carbonyl (C=O) groups is 1. The summed E-state index contributed by atoms with van der Waals surface area (Å²) in [5.41, 5.74) is 1.88. The van der Waals surface area contributed by atoms with Gasteiger partial charge in [0.15, 0.2) is 0 Å².